The highest BCUT2D eigenvalue weighted by molar-refractivity contribution is 5.92. The van der Waals surface area contributed by atoms with Gasteiger partial charge in [0.1, 0.15) is 5.75 Å². The summed E-state index contributed by atoms with van der Waals surface area (Å²) in [4.78, 5) is 23.9. The van der Waals surface area contributed by atoms with Gasteiger partial charge in [-0.2, -0.15) is 8.78 Å². The van der Waals surface area contributed by atoms with Crippen LogP contribution in [0.2, 0.25) is 0 Å². The van der Waals surface area contributed by atoms with Gasteiger partial charge in [-0.15, -0.1) is 0 Å². The van der Waals surface area contributed by atoms with Crippen LogP contribution in [0.5, 0.6) is 5.75 Å². The maximum absolute atomic E-state index is 12.4. The monoisotopic (exact) mass is 362 g/mol. The molecule has 0 bridgehead atoms. The van der Waals surface area contributed by atoms with E-state index in [0.717, 1.165) is 5.56 Å². The maximum Gasteiger partial charge on any atom is 0.387 e. The summed E-state index contributed by atoms with van der Waals surface area (Å²) in [5, 5.41) is 5.42. The highest BCUT2D eigenvalue weighted by Gasteiger charge is 2.18. The smallest absolute Gasteiger partial charge is 0.387 e. The van der Waals surface area contributed by atoms with E-state index in [2.05, 4.69) is 15.4 Å². The quantitative estimate of drug-likeness (QED) is 0.787. The second-order valence-electron chi connectivity index (χ2n) is 5.72. The summed E-state index contributed by atoms with van der Waals surface area (Å²) in [6, 6.07) is 13.1. The molecule has 1 unspecified atom stereocenters. The van der Waals surface area contributed by atoms with E-state index in [1.807, 2.05) is 30.3 Å². The number of hydrogen-bond acceptors (Lipinski definition) is 3. The Morgan fingerprint density at radius 3 is 2.38 bits per heavy atom. The molecule has 2 N–H and O–H groups in total. The van der Waals surface area contributed by atoms with Crippen LogP contribution in [0.4, 0.5) is 14.5 Å². The lowest BCUT2D eigenvalue weighted by Gasteiger charge is -2.19. The van der Waals surface area contributed by atoms with Gasteiger partial charge in [-0.3, -0.25) is 9.59 Å². The number of benzene rings is 2. The van der Waals surface area contributed by atoms with Gasteiger partial charge in [-0.1, -0.05) is 36.4 Å². The minimum atomic E-state index is -2.94. The minimum Gasteiger partial charge on any atom is -0.434 e. The zero-order chi connectivity index (χ0) is 19.1. The Labute approximate surface area is 150 Å². The molecule has 0 aliphatic heterocycles. The first-order valence-corrected chi connectivity index (χ1v) is 8.03. The van der Waals surface area contributed by atoms with Crippen LogP contribution in [0.25, 0.3) is 0 Å². The molecular weight excluding hydrogens is 342 g/mol. The van der Waals surface area contributed by atoms with E-state index in [9.17, 15) is 18.4 Å². The van der Waals surface area contributed by atoms with Crippen molar-refractivity contribution in [1.82, 2.24) is 5.32 Å². The molecule has 2 rings (SSSR count). The molecule has 0 aromatic heterocycles. The van der Waals surface area contributed by atoms with Crippen molar-refractivity contribution >= 4 is 17.5 Å². The second kappa shape index (κ2) is 8.94. The van der Waals surface area contributed by atoms with Crippen LogP contribution in [0.3, 0.4) is 0 Å². The highest BCUT2D eigenvalue weighted by atomic mass is 19.3. The van der Waals surface area contributed by atoms with Crippen LogP contribution >= 0.6 is 0 Å². The van der Waals surface area contributed by atoms with E-state index in [1.165, 1.54) is 19.1 Å². The SMILES string of the molecule is CC(=O)NC(CC(=O)Nc1cccc(OC(F)F)c1C)c1ccccc1. The summed E-state index contributed by atoms with van der Waals surface area (Å²) in [5.74, 6) is -0.612. The lowest BCUT2D eigenvalue weighted by atomic mass is 10.0. The molecule has 1 atom stereocenters. The van der Waals surface area contributed by atoms with Crippen molar-refractivity contribution in [3.05, 3.63) is 59.7 Å². The Bertz CT molecular complexity index is 767. The topological polar surface area (TPSA) is 67.4 Å². The molecule has 26 heavy (non-hydrogen) atoms. The van der Waals surface area contributed by atoms with E-state index in [0.29, 0.717) is 11.3 Å². The zero-order valence-corrected chi connectivity index (χ0v) is 14.5. The Morgan fingerprint density at radius 2 is 1.77 bits per heavy atom. The van der Waals surface area contributed by atoms with E-state index >= 15 is 0 Å². The lowest BCUT2D eigenvalue weighted by molar-refractivity contribution is -0.120. The third kappa shape index (κ3) is 5.54. The molecule has 0 heterocycles. The molecule has 2 aromatic rings. The number of hydrogen-bond donors (Lipinski definition) is 2. The third-order valence-electron chi connectivity index (χ3n) is 3.74. The number of nitrogens with one attached hydrogen (secondary N) is 2. The molecule has 7 heteroatoms. The predicted molar refractivity (Wildman–Crippen MR) is 94.1 cm³/mol. The number of amides is 2. The Morgan fingerprint density at radius 1 is 1.08 bits per heavy atom. The molecule has 0 fully saturated rings. The Hall–Kier alpha value is -2.96. The number of anilines is 1. The number of rotatable bonds is 7. The Kier molecular flexibility index (Phi) is 6.66. The van der Waals surface area contributed by atoms with E-state index in [-0.39, 0.29) is 24.0 Å². The number of carbonyl (C=O) groups is 2. The van der Waals surface area contributed by atoms with Gasteiger partial charge in [-0.25, -0.2) is 0 Å². The first kappa shape index (κ1) is 19.4. The minimum absolute atomic E-state index is 0.000676. The van der Waals surface area contributed by atoms with Crippen molar-refractivity contribution in [2.75, 3.05) is 5.32 Å². The van der Waals surface area contributed by atoms with Gasteiger partial charge in [0.25, 0.3) is 0 Å². The fourth-order valence-electron chi connectivity index (χ4n) is 2.54. The van der Waals surface area contributed by atoms with Gasteiger partial charge in [0.05, 0.1) is 12.5 Å². The predicted octanol–water partition coefficient (Wildman–Crippen LogP) is 3.80. The molecule has 138 valence electrons. The van der Waals surface area contributed by atoms with Gasteiger partial charge in [0.2, 0.25) is 11.8 Å². The van der Waals surface area contributed by atoms with Crippen molar-refractivity contribution in [2.45, 2.75) is 32.9 Å². The second-order valence-corrected chi connectivity index (χ2v) is 5.72. The molecule has 2 aromatic carbocycles. The number of halogens is 2. The van der Waals surface area contributed by atoms with Crippen LogP contribution in [0.15, 0.2) is 48.5 Å². The lowest BCUT2D eigenvalue weighted by Crippen LogP contribution is -2.29. The van der Waals surface area contributed by atoms with Crippen LogP contribution in [0, 0.1) is 6.92 Å². The molecule has 5 nitrogen and oxygen atoms in total. The van der Waals surface area contributed by atoms with Gasteiger partial charge in [-0.05, 0) is 24.6 Å². The van der Waals surface area contributed by atoms with Crippen molar-refractivity contribution in [2.24, 2.45) is 0 Å². The van der Waals surface area contributed by atoms with E-state index in [1.54, 1.807) is 13.0 Å². The van der Waals surface area contributed by atoms with Crippen LogP contribution in [0.1, 0.15) is 30.5 Å². The summed E-state index contributed by atoms with van der Waals surface area (Å²) in [5.41, 5.74) is 1.57. The average Bonchev–Trinajstić information content (AvgIpc) is 2.58. The van der Waals surface area contributed by atoms with Crippen molar-refractivity contribution < 1.29 is 23.1 Å². The molecule has 2 amide bonds. The molecule has 0 spiro atoms. The summed E-state index contributed by atoms with van der Waals surface area (Å²) in [7, 11) is 0. The van der Waals surface area contributed by atoms with Crippen molar-refractivity contribution in [3.63, 3.8) is 0 Å². The van der Waals surface area contributed by atoms with Gasteiger partial charge in [0.15, 0.2) is 0 Å². The molecule has 0 radical (unpaired) electrons. The zero-order valence-electron chi connectivity index (χ0n) is 14.5. The van der Waals surface area contributed by atoms with Crippen molar-refractivity contribution in [3.8, 4) is 5.75 Å². The van der Waals surface area contributed by atoms with Crippen molar-refractivity contribution in [1.29, 1.82) is 0 Å². The molecular formula is C19H20F2N2O3. The number of ether oxygens (including phenoxy) is 1. The normalized spacial score (nSPS) is 11.7. The standard InChI is InChI=1S/C19H20F2N2O3/c1-12-15(9-6-10-17(12)26-19(20)21)23-18(25)11-16(22-13(2)24)14-7-4-3-5-8-14/h3-10,16,19H,11H2,1-2H3,(H,22,24)(H,23,25). The summed E-state index contributed by atoms with van der Waals surface area (Å²) < 4.78 is 29.3. The fraction of sp³-hybridized carbons (Fsp3) is 0.263. The molecule has 0 aliphatic rings. The van der Waals surface area contributed by atoms with Gasteiger partial charge < -0.3 is 15.4 Å². The molecule has 0 saturated carbocycles. The fourth-order valence-corrected chi connectivity index (χ4v) is 2.54. The van der Waals surface area contributed by atoms with Gasteiger partial charge >= 0.3 is 6.61 Å². The first-order chi connectivity index (χ1) is 12.4. The van der Waals surface area contributed by atoms with Crippen LogP contribution in [-0.4, -0.2) is 18.4 Å². The highest BCUT2D eigenvalue weighted by Crippen LogP contribution is 2.27. The van der Waals surface area contributed by atoms with Crippen LogP contribution < -0.4 is 15.4 Å². The first-order valence-electron chi connectivity index (χ1n) is 8.03. The number of alkyl halides is 2. The molecule has 0 aliphatic carbocycles. The number of carbonyl (C=O) groups excluding carboxylic acids is 2. The summed E-state index contributed by atoms with van der Waals surface area (Å²) >= 11 is 0. The largest absolute Gasteiger partial charge is 0.434 e. The Balaban J connectivity index is 2.12. The van der Waals surface area contributed by atoms with E-state index in [4.69, 9.17) is 0 Å². The summed E-state index contributed by atoms with van der Waals surface area (Å²) in [6.45, 7) is 0.0146. The average molecular weight is 362 g/mol. The van der Waals surface area contributed by atoms with E-state index < -0.39 is 12.7 Å². The van der Waals surface area contributed by atoms with Gasteiger partial charge in [0, 0.05) is 18.2 Å². The maximum atomic E-state index is 12.4. The van der Waals surface area contributed by atoms with Crippen LogP contribution in [-0.2, 0) is 9.59 Å². The molecule has 0 saturated heterocycles. The third-order valence-corrected chi connectivity index (χ3v) is 3.74. The summed E-state index contributed by atoms with van der Waals surface area (Å²) in [6.07, 6.45) is 0.00294.